The second-order valence-electron chi connectivity index (χ2n) is 7.98. The van der Waals surface area contributed by atoms with Gasteiger partial charge in [0.15, 0.2) is 5.96 Å². The molecule has 198 valence electrons. The molecule has 10 N–H and O–H groups in total. The Labute approximate surface area is 214 Å². The van der Waals surface area contributed by atoms with Crippen molar-refractivity contribution in [2.24, 2.45) is 22.2 Å². The number of carbonyl (C=O) groups excluding carboxylic acids is 4. The average molecular weight is 512 g/mol. The largest absolute Gasteiger partial charge is 0.370 e. The van der Waals surface area contributed by atoms with Crippen molar-refractivity contribution in [2.45, 2.75) is 31.5 Å². The zero-order valence-corrected chi connectivity index (χ0v) is 20.4. The first-order valence-corrected chi connectivity index (χ1v) is 11.6. The van der Waals surface area contributed by atoms with Crippen LogP contribution in [-0.2, 0) is 25.7 Å². The quantitative estimate of drug-likeness (QED) is 0.0866. The summed E-state index contributed by atoms with van der Waals surface area (Å²) >= 11 is 0. The number of benzene rings is 1. The highest BCUT2D eigenvalue weighted by molar-refractivity contribution is 5.93. The molecule has 2 rings (SSSR count). The molecule has 0 saturated heterocycles. The SMILES string of the molecule is NCC(=O)N[C@@H](C(=O)NCC(=O)N[C@H](CCCN=C(N)N)C(=O)NCc1ccncc1)c1ccccc1. The van der Waals surface area contributed by atoms with Crippen LogP contribution >= 0.6 is 0 Å². The molecule has 0 spiro atoms. The summed E-state index contributed by atoms with van der Waals surface area (Å²) in [6, 6.07) is 10.1. The summed E-state index contributed by atoms with van der Waals surface area (Å²) < 4.78 is 0. The van der Waals surface area contributed by atoms with Crippen molar-refractivity contribution in [2.75, 3.05) is 19.6 Å². The minimum absolute atomic E-state index is 0.0693. The Kier molecular flexibility index (Phi) is 12.0. The zero-order valence-electron chi connectivity index (χ0n) is 20.4. The van der Waals surface area contributed by atoms with Crippen LogP contribution in [-0.4, -0.2) is 60.2 Å². The number of hydrogen-bond donors (Lipinski definition) is 7. The number of amides is 4. The summed E-state index contributed by atoms with van der Waals surface area (Å²) in [5.41, 5.74) is 17.4. The van der Waals surface area contributed by atoms with Gasteiger partial charge in [-0.3, -0.25) is 29.2 Å². The number of nitrogens with zero attached hydrogens (tertiary/aromatic N) is 2. The highest BCUT2D eigenvalue weighted by Crippen LogP contribution is 2.12. The Balaban J connectivity index is 1.98. The molecule has 13 nitrogen and oxygen atoms in total. The van der Waals surface area contributed by atoms with Gasteiger partial charge in [0.05, 0.1) is 13.1 Å². The van der Waals surface area contributed by atoms with Crippen molar-refractivity contribution in [1.29, 1.82) is 0 Å². The van der Waals surface area contributed by atoms with Crippen molar-refractivity contribution in [3.63, 3.8) is 0 Å². The maximum absolute atomic E-state index is 12.8. The summed E-state index contributed by atoms with van der Waals surface area (Å²) in [4.78, 5) is 57.8. The smallest absolute Gasteiger partial charge is 0.247 e. The molecule has 13 heteroatoms. The Bertz CT molecular complexity index is 1060. The van der Waals surface area contributed by atoms with Crippen LogP contribution in [0, 0.1) is 0 Å². The fraction of sp³-hybridized carbons (Fsp3) is 0.333. The van der Waals surface area contributed by atoms with Gasteiger partial charge in [0.1, 0.15) is 12.1 Å². The molecule has 0 unspecified atom stereocenters. The molecule has 0 bridgehead atoms. The van der Waals surface area contributed by atoms with E-state index in [1.807, 2.05) is 0 Å². The third-order valence-corrected chi connectivity index (χ3v) is 5.12. The molecule has 37 heavy (non-hydrogen) atoms. The lowest BCUT2D eigenvalue weighted by Crippen LogP contribution is -2.50. The lowest BCUT2D eigenvalue weighted by molar-refractivity contribution is -0.131. The minimum Gasteiger partial charge on any atom is -0.370 e. The van der Waals surface area contributed by atoms with Crippen LogP contribution in [0.3, 0.4) is 0 Å². The monoisotopic (exact) mass is 511 g/mol. The number of guanidine groups is 1. The molecule has 0 saturated carbocycles. The molecule has 1 aromatic carbocycles. The number of aliphatic imine (C=N–C) groups is 1. The molecule has 0 radical (unpaired) electrons. The lowest BCUT2D eigenvalue weighted by Gasteiger charge is -2.20. The summed E-state index contributed by atoms with van der Waals surface area (Å²) in [6.45, 7) is -0.184. The van der Waals surface area contributed by atoms with Gasteiger partial charge in [-0.1, -0.05) is 30.3 Å². The van der Waals surface area contributed by atoms with Gasteiger partial charge in [-0.15, -0.1) is 0 Å². The number of rotatable bonds is 14. The average Bonchev–Trinajstić information content (AvgIpc) is 2.91. The van der Waals surface area contributed by atoms with Gasteiger partial charge in [-0.2, -0.15) is 0 Å². The van der Waals surface area contributed by atoms with E-state index >= 15 is 0 Å². The van der Waals surface area contributed by atoms with E-state index in [1.54, 1.807) is 54.9 Å². The Morgan fingerprint density at radius 1 is 0.892 bits per heavy atom. The van der Waals surface area contributed by atoms with Gasteiger partial charge in [0.25, 0.3) is 0 Å². The first-order valence-electron chi connectivity index (χ1n) is 11.6. The third-order valence-electron chi connectivity index (χ3n) is 5.12. The number of pyridine rings is 1. The van der Waals surface area contributed by atoms with Crippen molar-refractivity contribution >= 4 is 29.6 Å². The van der Waals surface area contributed by atoms with Gasteiger partial charge in [-0.05, 0) is 36.1 Å². The predicted molar refractivity (Wildman–Crippen MR) is 137 cm³/mol. The van der Waals surface area contributed by atoms with E-state index in [0.717, 1.165) is 5.56 Å². The van der Waals surface area contributed by atoms with Gasteiger partial charge in [-0.25, -0.2) is 0 Å². The predicted octanol–water partition coefficient (Wildman–Crippen LogP) is -1.83. The number of nitrogens with two attached hydrogens (primary N) is 3. The van der Waals surface area contributed by atoms with E-state index in [2.05, 4.69) is 31.2 Å². The van der Waals surface area contributed by atoms with Gasteiger partial charge in [0.2, 0.25) is 23.6 Å². The molecule has 0 aliphatic heterocycles. The van der Waals surface area contributed by atoms with Gasteiger partial charge >= 0.3 is 0 Å². The zero-order chi connectivity index (χ0) is 27.0. The van der Waals surface area contributed by atoms with Crippen LogP contribution in [0.4, 0.5) is 0 Å². The van der Waals surface area contributed by atoms with Gasteiger partial charge < -0.3 is 38.5 Å². The summed E-state index contributed by atoms with van der Waals surface area (Å²) in [5.74, 6) is -2.19. The van der Waals surface area contributed by atoms with E-state index in [4.69, 9.17) is 17.2 Å². The van der Waals surface area contributed by atoms with Crippen LogP contribution in [0.5, 0.6) is 0 Å². The maximum atomic E-state index is 12.8. The third kappa shape index (κ3) is 10.7. The normalized spacial score (nSPS) is 11.9. The number of aromatic nitrogens is 1. The lowest BCUT2D eigenvalue weighted by atomic mass is 10.1. The highest BCUT2D eigenvalue weighted by atomic mass is 16.2. The van der Waals surface area contributed by atoms with Crippen molar-refractivity contribution in [3.8, 4) is 0 Å². The molecule has 0 aliphatic carbocycles. The first kappa shape index (κ1) is 28.7. The van der Waals surface area contributed by atoms with Crippen LogP contribution in [0.1, 0.15) is 30.0 Å². The fourth-order valence-corrected chi connectivity index (χ4v) is 3.27. The van der Waals surface area contributed by atoms with Crippen LogP contribution in [0.15, 0.2) is 59.9 Å². The second kappa shape index (κ2) is 15.5. The number of nitrogens with one attached hydrogen (secondary N) is 4. The van der Waals surface area contributed by atoms with Crippen LogP contribution < -0.4 is 38.5 Å². The number of hydrogen-bond acceptors (Lipinski definition) is 7. The van der Waals surface area contributed by atoms with E-state index in [0.29, 0.717) is 12.0 Å². The first-order chi connectivity index (χ1) is 17.8. The van der Waals surface area contributed by atoms with E-state index in [1.165, 1.54) is 0 Å². The molecule has 2 aromatic rings. The van der Waals surface area contributed by atoms with Crippen LogP contribution in [0.25, 0.3) is 0 Å². The molecule has 0 fully saturated rings. The van der Waals surface area contributed by atoms with Crippen molar-refractivity contribution in [3.05, 3.63) is 66.0 Å². The second-order valence-corrected chi connectivity index (χ2v) is 7.98. The Morgan fingerprint density at radius 2 is 1.59 bits per heavy atom. The Hall–Kier alpha value is -4.52. The molecular weight excluding hydrogens is 478 g/mol. The van der Waals surface area contributed by atoms with Crippen molar-refractivity contribution in [1.82, 2.24) is 26.3 Å². The molecule has 2 atom stereocenters. The topological polar surface area (TPSA) is 220 Å². The van der Waals surface area contributed by atoms with Gasteiger partial charge in [0, 0.05) is 25.5 Å². The standard InChI is InChI=1S/C24H33N9O4/c25-13-19(34)33-21(17-5-2-1-3-6-17)23(37)31-15-20(35)32-18(7-4-10-29-24(26)27)22(36)30-14-16-8-11-28-12-9-16/h1-3,5-6,8-9,11-12,18,21H,4,7,10,13-15,25H2,(H,30,36)(H,31,37)(H,32,35)(H,33,34)(H4,26,27,29)/t18-,21-/m1/s1. The molecule has 1 heterocycles. The molecular formula is C24H33N9O4. The summed E-state index contributed by atoms with van der Waals surface area (Å²) in [5, 5.41) is 10.4. The number of carbonyl (C=O) groups is 4. The van der Waals surface area contributed by atoms with E-state index in [-0.39, 0.29) is 32.0 Å². The van der Waals surface area contributed by atoms with Crippen molar-refractivity contribution < 1.29 is 19.2 Å². The fourth-order valence-electron chi connectivity index (χ4n) is 3.27. The summed E-state index contributed by atoms with van der Waals surface area (Å²) in [6.07, 6.45) is 3.91. The maximum Gasteiger partial charge on any atom is 0.247 e. The van der Waals surface area contributed by atoms with E-state index < -0.39 is 42.3 Å². The van der Waals surface area contributed by atoms with Crippen LogP contribution in [0.2, 0.25) is 0 Å². The Morgan fingerprint density at radius 3 is 2.24 bits per heavy atom. The molecule has 0 aliphatic rings. The van der Waals surface area contributed by atoms with E-state index in [9.17, 15) is 19.2 Å². The molecule has 1 aromatic heterocycles. The molecule has 4 amide bonds. The highest BCUT2D eigenvalue weighted by Gasteiger charge is 2.24. The summed E-state index contributed by atoms with van der Waals surface area (Å²) in [7, 11) is 0. The minimum atomic E-state index is -1.04.